The largest absolute Gasteiger partial charge is 0.311 e. The van der Waals surface area contributed by atoms with E-state index in [9.17, 15) is 17.6 Å². The van der Waals surface area contributed by atoms with Crippen molar-refractivity contribution in [2.45, 2.75) is 51.0 Å². The van der Waals surface area contributed by atoms with Gasteiger partial charge in [0.25, 0.3) is 0 Å². The molecular weight excluding hydrogens is 210 g/mol. The molecule has 0 unspecified atom stereocenters. The molecule has 90 valence electrons. The first-order chi connectivity index (χ1) is 6.56. The van der Waals surface area contributed by atoms with E-state index in [1.807, 2.05) is 20.8 Å². The lowest BCUT2D eigenvalue weighted by Gasteiger charge is -2.34. The Morgan fingerprint density at radius 3 is 1.47 bits per heavy atom. The van der Waals surface area contributed by atoms with Crippen LogP contribution in [0.2, 0.25) is 0 Å². The molecule has 0 aromatic heterocycles. The van der Waals surface area contributed by atoms with Crippen molar-refractivity contribution < 1.29 is 17.6 Å². The number of halogens is 4. The minimum atomic E-state index is -3.87. The summed E-state index contributed by atoms with van der Waals surface area (Å²) in [5, 5.41) is 0. The molecule has 15 heavy (non-hydrogen) atoms. The van der Waals surface area contributed by atoms with Crippen LogP contribution in [-0.2, 0) is 0 Å². The van der Waals surface area contributed by atoms with Gasteiger partial charge in [-0.25, -0.2) is 0 Å². The van der Waals surface area contributed by atoms with Gasteiger partial charge in [-0.2, -0.15) is 17.6 Å². The molecule has 1 heterocycles. The van der Waals surface area contributed by atoms with Crippen molar-refractivity contribution in [2.24, 2.45) is 0 Å². The Hall–Kier alpha value is -0.320. The Balaban J connectivity index is 2.79. The fourth-order valence-corrected chi connectivity index (χ4v) is 1.70. The van der Waals surface area contributed by atoms with Crippen molar-refractivity contribution >= 4 is 0 Å². The average Bonchev–Trinajstić information content (AvgIpc) is 2.09. The standard InChI is InChI=1S/C10H17F4N/c1-8(2,3)15-6-4-9(11,12)10(13,14)5-7-15/h4-7H2,1-3H3. The Bertz CT molecular complexity index is 214. The van der Waals surface area contributed by atoms with Crippen LogP contribution in [0.1, 0.15) is 33.6 Å². The number of hydrogen-bond donors (Lipinski definition) is 0. The Kier molecular flexibility index (Phi) is 3.07. The van der Waals surface area contributed by atoms with Gasteiger partial charge in [0.05, 0.1) is 0 Å². The summed E-state index contributed by atoms with van der Waals surface area (Å²) in [5.41, 5.74) is -0.337. The lowest BCUT2D eigenvalue weighted by Crippen LogP contribution is -2.42. The quantitative estimate of drug-likeness (QED) is 0.574. The van der Waals surface area contributed by atoms with Crippen LogP contribution < -0.4 is 0 Å². The number of nitrogens with zero attached hydrogens (tertiary/aromatic N) is 1. The van der Waals surface area contributed by atoms with Crippen LogP contribution in [0.25, 0.3) is 0 Å². The van der Waals surface area contributed by atoms with Crippen LogP contribution in [0.3, 0.4) is 0 Å². The molecule has 0 N–H and O–H groups in total. The normalized spacial score (nSPS) is 27.4. The summed E-state index contributed by atoms with van der Waals surface area (Å²) in [5.74, 6) is -7.74. The number of hydrogen-bond acceptors (Lipinski definition) is 1. The van der Waals surface area contributed by atoms with E-state index in [1.54, 1.807) is 4.90 Å². The minimum Gasteiger partial charge on any atom is -0.298 e. The molecule has 1 fully saturated rings. The van der Waals surface area contributed by atoms with E-state index in [2.05, 4.69) is 0 Å². The predicted molar refractivity (Wildman–Crippen MR) is 50.5 cm³/mol. The van der Waals surface area contributed by atoms with Crippen molar-refractivity contribution in [3.63, 3.8) is 0 Å². The maximum Gasteiger partial charge on any atom is 0.311 e. The van der Waals surface area contributed by atoms with Gasteiger partial charge in [0.15, 0.2) is 0 Å². The van der Waals surface area contributed by atoms with Crippen molar-refractivity contribution in [3.05, 3.63) is 0 Å². The van der Waals surface area contributed by atoms with E-state index in [4.69, 9.17) is 0 Å². The van der Waals surface area contributed by atoms with Crippen LogP contribution in [-0.4, -0.2) is 35.4 Å². The minimum absolute atomic E-state index is 0.0199. The van der Waals surface area contributed by atoms with Gasteiger partial charge in [-0.1, -0.05) is 0 Å². The molecule has 0 atom stereocenters. The zero-order valence-corrected chi connectivity index (χ0v) is 9.29. The molecule has 5 heteroatoms. The molecule has 0 aliphatic carbocycles. The second kappa shape index (κ2) is 3.61. The lowest BCUT2D eigenvalue weighted by molar-refractivity contribution is -0.208. The van der Waals surface area contributed by atoms with E-state index in [0.29, 0.717) is 0 Å². The molecular formula is C10H17F4N. The van der Waals surface area contributed by atoms with E-state index in [-0.39, 0.29) is 18.6 Å². The third-order valence-electron chi connectivity index (χ3n) is 2.88. The molecule has 0 amide bonds. The first-order valence-electron chi connectivity index (χ1n) is 5.07. The van der Waals surface area contributed by atoms with Gasteiger partial charge in [0, 0.05) is 31.5 Å². The lowest BCUT2D eigenvalue weighted by atomic mass is 10.1. The van der Waals surface area contributed by atoms with E-state index in [1.165, 1.54) is 0 Å². The topological polar surface area (TPSA) is 3.24 Å². The molecule has 0 spiro atoms. The third kappa shape index (κ3) is 2.62. The molecule has 0 aromatic rings. The Morgan fingerprint density at radius 1 is 0.867 bits per heavy atom. The molecule has 0 bridgehead atoms. The third-order valence-corrected chi connectivity index (χ3v) is 2.88. The summed E-state index contributed by atoms with van der Waals surface area (Å²) in [7, 11) is 0. The highest BCUT2D eigenvalue weighted by Gasteiger charge is 2.57. The summed E-state index contributed by atoms with van der Waals surface area (Å²) in [6.07, 6.45) is -1.53. The van der Waals surface area contributed by atoms with Crippen LogP contribution in [0.5, 0.6) is 0 Å². The van der Waals surface area contributed by atoms with Gasteiger partial charge in [-0.15, -0.1) is 0 Å². The number of rotatable bonds is 0. The van der Waals surface area contributed by atoms with Gasteiger partial charge < -0.3 is 0 Å². The van der Waals surface area contributed by atoms with E-state index < -0.39 is 24.7 Å². The highest BCUT2D eigenvalue weighted by Crippen LogP contribution is 2.42. The molecule has 0 radical (unpaired) electrons. The van der Waals surface area contributed by atoms with Crippen LogP contribution in [0, 0.1) is 0 Å². The van der Waals surface area contributed by atoms with Gasteiger partial charge in [-0.05, 0) is 20.8 Å². The average molecular weight is 227 g/mol. The summed E-state index contributed by atoms with van der Waals surface area (Å²) >= 11 is 0. The van der Waals surface area contributed by atoms with E-state index in [0.717, 1.165) is 0 Å². The van der Waals surface area contributed by atoms with Crippen LogP contribution in [0.15, 0.2) is 0 Å². The van der Waals surface area contributed by atoms with Crippen molar-refractivity contribution in [1.29, 1.82) is 0 Å². The summed E-state index contributed by atoms with van der Waals surface area (Å²) < 4.78 is 52.1. The fourth-order valence-electron chi connectivity index (χ4n) is 1.70. The number of alkyl halides is 4. The van der Waals surface area contributed by atoms with Gasteiger partial charge in [-0.3, -0.25) is 4.90 Å². The predicted octanol–water partition coefficient (Wildman–Crippen LogP) is 3.15. The zero-order chi connectivity index (χ0) is 11.9. The highest BCUT2D eigenvalue weighted by molar-refractivity contribution is 4.92. The van der Waals surface area contributed by atoms with Crippen molar-refractivity contribution in [3.8, 4) is 0 Å². The fraction of sp³-hybridized carbons (Fsp3) is 1.00. The summed E-state index contributed by atoms with van der Waals surface area (Å²) in [6, 6.07) is 0. The smallest absolute Gasteiger partial charge is 0.298 e. The molecule has 1 aliphatic rings. The molecule has 1 saturated heterocycles. The molecule has 1 aliphatic heterocycles. The van der Waals surface area contributed by atoms with Gasteiger partial charge >= 0.3 is 11.8 Å². The van der Waals surface area contributed by atoms with E-state index >= 15 is 0 Å². The Labute approximate surface area is 87.4 Å². The monoisotopic (exact) mass is 227 g/mol. The van der Waals surface area contributed by atoms with Crippen molar-refractivity contribution in [1.82, 2.24) is 4.90 Å². The SMILES string of the molecule is CC(C)(C)N1CCC(F)(F)C(F)(F)CC1. The van der Waals surface area contributed by atoms with Gasteiger partial charge in [0.1, 0.15) is 0 Å². The Morgan fingerprint density at radius 2 is 1.20 bits per heavy atom. The van der Waals surface area contributed by atoms with Gasteiger partial charge in [0.2, 0.25) is 0 Å². The molecule has 0 saturated carbocycles. The van der Waals surface area contributed by atoms with Crippen LogP contribution in [0.4, 0.5) is 17.6 Å². The maximum atomic E-state index is 13.0. The summed E-state index contributed by atoms with van der Waals surface area (Å²) in [6.45, 7) is 5.57. The molecule has 1 rings (SSSR count). The summed E-state index contributed by atoms with van der Waals surface area (Å²) in [4.78, 5) is 1.68. The highest BCUT2D eigenvalue weighted by atomic mass is 19.3. The molecule has 1 nitrogen and oxygen atoms in total. The maximum absolute atomic E-state index is 13.0. The first-order valence-corrected chi connectivity index (χ1v) is 5.07. The second-order valence-corrected chi connectivity index (χ2v) is 5.07. The first kappa shape index (κ1) is 12.7. The zero-order valence-electron chi connectivity index (χ0n) is 9.29. The second-order valence-electron chi connectivity index (χ2n) is 5.07. The molecule has 0 aromatic carbocycles. The number of likely N-dealkylation sites (tertiary alicyclic amines) is 1. The van der Waals surface area contributed by atoms with Crippen molar-refractivity contribution in [2.75, 3.05) is 13.1 Å². The van der Waals surface area contributed by atoms with Crippen LogP contribution >= 0.6 is 0 Å².